The Morgan fingerprint density at radius 2 is 2.10 bits per heavy atom. The van der Waals surface area contributed by atoms with E-state index >= 15 is 0 Å². The lowest BCUT2D eigenvalue weighted by Gasteiger charge is -2.17. The lowest BCUT2D eigenvalue weighted by Crippen LogP contribution is -2.45. The normalized spacial score (nSPS) is 15.0. The number of carbonyl (C=O) groups excluding carboxylic acids is 1. The summed E-state index contributed by atoms with van der Waals surface area (Å²) in [4.78, 5) is 19.9. The summed E-state index contributed by atoms with van der Waals surface area (Å²) in [6.07, 6.45) is 9.58. The number of nitrogens with zero attached hydrogens (tertiary/aromatic N) is 2. The van der Waals surface area contributed by atoms with Crippen molar-refractivity contribution >= 4 is 11.9 Å². The second-order valence-corrected chi connectivity index (χ2v) is 4.78. The maximum Gasteiger partial charge on any atom is 0.252 e. The van der Waals surface area contributed by atoms with Gasteiger partial charge in [0.1, 0.15) is 0 Å². The largest absolute Gasteiger partial charge is 0.355 e. The highest BCUT2D eigenvalue weighted by atomic mass is 16.1. The van der Waals surface area contributed by atoms with Crippen molar-refractivity contribution in [3.05, 3.63) is 42.2 Å². The molecule has 0 saturated heterocycles. The monoisotopic (exact) mass is 287 g/mol. The maximum absolute atomic E-state index is 11.8. The first-order chi connectivity index (χ1) is 10.3. The van der Waals surface area contributed by atoms with E-state index in [1.807, 2.05) is 0 Å². The Bertz CT molecular complexity index is 504. The summed E-state index contributed by atoms with van der Waals surface area (Å²) >= 11 is 0. The van der Waals surface area contributed by atoms with Crippen LogP contribution in [0.3, 0.4) is 0 Å². The van der Waals surface area contributed by atoms with Gasteiger partial charge in [0.05, 0.1) is 5.56 Å². The van der Waals surface area contributed by atoms with Crippen LogP contribution >= 0.6 is 0 Å². The SMILES string of the molecule is CN=C(NCCNC(=O)c1cccnc1)NC1CC=CC1. The summed E-state index contributed by atoms with van der Waals surface area (Å²) < 4.78 is 0. The van der Waals surface area contributed by atoms with Crippen LogP contribution in [0.1, 0.15) is 23.2 Å². The van der Waals surface area contributed by atoms with Gasteiger partial charge in [0, 0.05) is 38.6 Å². The number of carbonyl (C=O) groups is 1. The van der Waals surface area contributed by atoms with Gasteiger partial charge < -0.3 is 16.0 Å². The van der Waals surface area contributed by atoms with Gasteiger partial charge in [0.25, 0.3) is 5.91 Å². The molecule has 1 aromatic rings. The molecule has 1 aliphatic rings. The van der Waals surface area contributed by atoms with Gasteiger partial charge in [-0.3, -0.25) is 14.8 Å². The molecule has 0 spiro atoms. The molecule has 0 aromatic carbocycles. The number of aromatic nitrogens is 1. The van der Waals surface area contributed by atoms with Gasteiger partial charge in [0.2, 0.25) is 0 Å². The standard InChI is InChI=1S/C15H21N5O/c1-16-15(20-13-6-2-3-7-13)19-10-9-18-14(21)12-5-4-8-17-11-12/h2-5,8,11,13H,6-7,9-10H2,1H3,(H,18,21)(H2,16,19,20). The van der Waals surface area contributed by atoms with Crippen LogP contribution < -0.4 is 16.0 Å². The number of aliphatic imine (C=N–C) groups is 1. The topological polar surface area (TPSA) is 78.4 Å². The molecule has 21 heavy (non-hydrogen) atoms. The molecule has 0 aliphatic heterocycles. The number of rotatable bonds is 5. The highest BCUT2D eigenvalue weighted by Gasteiger charge is 2.11. The number of nitrogens with one attached hydrogen (secondary N) is 3. The van der Waals surface area contributed by atoms with Crippen molar-refractivity contribution in [2.24, 2.45) is 4.99 Å². The Morgan fingerprint density at radius 3 is 2.76 bits per heavy atom. The molecule has 0 fully saturated rings. The number of amides is 1. The Labute approximate surface area is 124 Å². The highest BCUT2D eigenvalue weighted by molar-refractivity contribution is 5.93. The quantitative estimate of drug-likeness (QED) is 0.322. The smallest absolute Gasteiger partial charge is 0.252 e. The average molecular weight is 287 g/mol. The van der Waals surface area contributed by atoms with Crippen LogP contribution in [0.15, 0.2) is 41.7 Å². The molecule has 1 aromatic heterocycles. The molecule has 3 N–H and O–H groups in total. The van der Waals surface area contributed by atoms with Crippen LogP contribution in [0.2, 0.25) is 0 Å². The Balaban J connectivity index is 1.65. The average Bonchev–Trinajstić information content (AvgIpc) is 3.04. The second kappa shape index (κ2) is 8.04. The highest BCUT2D eigenvalue weighted by Crippen LogP contribution is 2.08. The van der Waals surface area contributed by atoms with Crippen molar-refractivity contribution in [2.75, 3.05) is 20.1 Å². The molecule has 0 saturated carbocycles. The van der Waals surface area contributed by atoms with E-state index in [4.69, 9.17) is 0 Å². The summed E-state index contributed by atoms with van der Waals surface area (Å²) in [5, 5.41) is 9.36. The third-order valence-corrected chi connectivity index (χ3v) is 3.20. The van der Waals surface area contributed by atoms with Crippen molar-refractivity contribution in [1.82, 2.24) is 20.9 Å². The van der Waals surface area contributed by atoms with Gasteiger partial charge in [-0.1, -0.05) is 12.2 Å². The first-order valence-corrected chi connectivity index (χ1v) is 7.10. The Hall–Kier alpha value is -2.37. The lowest BCUT2D eigenvalue weighted by molar-refractivity contribution is 0.0954. The minimum absolute atomic E-state index is 0.118. The second-order valence-electron chi connectivity index (χ2n) is 4.78. The van der Waals surface area contributed by atoms with Crippen molar-refractivity contribution in [3.63, 3.8) is 0 Å². The number of hydrogen-bond donors (Lipinski definition) is 3. The predicted octanol–water partition coefficient (Wildman–Crippen LogP) is 0.695. The van der Waals surface area contributed by atoms with Crippen LogP contribution in [0, 0.1) is 0 Å². The predicted molar refractivity (Wildman–Crippen MR) is 83.2 cm³/mol. The zero-order chi connectivity index (χ0) is 14.9. The van der Waals surface area contributed by atoms with Gasteiger partial charge in [0.15, 0.2) is 5.96 Å². The molecule has 1 aliphatic carbocycles. The first kappa shape index (κ1) is 15.0. The van der Waals surface area contributed by atoms with E-state index in [1.54, 1.807) is 31.6 Å². The van der Waals surface area contributed by atoms with Gasteiger partial charge in [-0.2, -0.15) is 0 Å². The summed E-state index contributed by atoms with van der Waals surface area (Å²) in [6, 6.07) is 3.90. The maximum atomic E-state index is 11.8. The molecule has 0 unspecified atom stereocenters. The molecular weight excluding hydrogens is 266 g/mol. The number of hydrogen-bond acceptors (Lipinski definition) is 3. The summed E-state index contributed by atoms with van der Waals surface area (Å²) in [7, 11) is 1.74. The third-order valence-electron chi connectivity index (χ3n) is 3.20. The fraction of sp³-hybridized carbons (Fsp3) is 0.400. The molecule has 6 nitrogen and oxygen atoms in total. The molecule has 2 rings (SSSR count). The molecular formula is C15H21N5O. The number of guanidine groups is 1. The molecule has 1 amide bonds. The zero-order valence-electron chi connectivity index (χ0n) is 12.2. The van der Waals surface area contributed by atoms with Gasteiger partial charge in [-0.25, -0.2) is 0 Å². The van der Waals surface area contributed by atoms with E-state index in [-0.39, 0.29) is 5.91 Å². The van der Waals surface area contributed by atoms with E-state index in [0.717, 1.165) is 18.8 Å². The van der Waals surface area contributed by atoms with Crippen LogP contribution in [-0.4, -0.2) is 43.0 Å². The summed E-state index contributed by atoms with van der Waals surface area (Å²) in [5.41, 5.74) is 0.567. The van der Waals surface area contributed by atoms with Crippen molar-refractivity contribution in [3.8, 4) is 0 Å². The fourth-order valence-electron chi connectivity index (χ4n) is 2.08. The van der Waals surface area contributed by atoms with Crippen molar-refractivity contribution < 1.29 is 4.79 Å². The molecule has 0 atom stereocenters. The molecule has 112 valence electrons. The zero-order valence-corrected chi connectivity index (χ0v) is 12.2. The van der Waals surface area contributed by atoms with E-state index in [9.17, 15) is 4.79 Å². The van der Waals surface area contributed by atoms with E-state index in [1.165, 1.54) is 0 Å². The molecule has 0 bridgehead atoms. The minimum atomic E-state index is -0.118. The summed E-state index contributed by atoms with van der Waals surface area (Å²) in [6.45, 7) is 1.14. The Morgan fingerprint density at radius 1 is 1.33 bits per heavy atom. The summed E-state index contributed by atoms with van der Waals surface area (Å²) in [5.74, 6) is 0.646. The van der Waals surface area contributed by atoms with E-state index in [0.29, 0.717) is 24.7 Å². The van der Waals surface area contributed by atoms with Crippen molar-refractivity contribution in [2.45, 2.75) is 18.9 Å². The molecule has 6 heteroatoms. The van der Waals surface area contributed by atoms with Crippen molar-refractivity contribution in [1.29, 1.82) is 0 Å². The van der Waals surface area contributed by atoms with Gasteiger partial charge in [-0.05, 0) is 25.0 Å². The van der Waals surface area contributed by atoms with E-state index in [2.05, 4.69) is 38.1 Å². The lowest BCUT2D eigenvalue weighted by atomic mass is 10.2. The van der Waals surface area contributed by atoms with Crippen LogP contribution in [0.25, 0.3) is 0 Å². The van der Waals surface area contributed by atoms with E-state index < -0.39 is 0 Å². The number of pyridine rings is 1. The Kier molecular flexibility index (Phi) is 5.75. The van der Waals surface area contributed by atoms with Crippen LogP contribution in [0.4, 0.5) is 0 Å². The molecule has 1 heterocycles. The fourth-order valence-corrected chi connectivity index (χ4v) is 2.08. The van der Waals surface area contributed by atoms with Crippen LogP contribution in [0.5, 0.6) is 0 Å². The van der Waals surface area contributed by atoms with Gasteiger partial charge >= 0.3 is 0 Å². The first-order valence-electron chi connectivity index (χ1n) is 7.10. The van der Waals surface area contributed by atoms with Crippen LogP contribution in [-0.2, 0) is 0 Å². The third kappa shape index (κ3) is 4.91. The van der Waals surface area contributed by atoms with Gasteiger partial charge in [-0.15, -0.1) is 0 Å². The minimum Gasteiger partial charge on any atom is -0.355 e. The molecule has 0 radical (unpaired) electrons.